The molecule has 122 valence electrons. The fourth-order valence-corrected chi connectivity index (χ4v) is 2.85. The van der Waals surface area contributed by atoms with Gasteiger partial charge in [0.15, 0.2) is 0 Å². The molecule has 1 aliphatic carbocycles. The normalized spacial score (nSPS) is 13.9. The van der Waals surface area contributed by atoms with Crippen LogP contribution in [0.15, 0.2) is 59.7 Å². The molecule has 0 spiro atoms. The number of rotatable bonds is 4. The first-order valence-electron chi connectivity index (χ1n) is 7.68. The lowest BCUT2D eigenvalue weighted by Crippen LogP contribution is -2.17. The number of carboxylic acid groups (broad SMARTS) is 1. The van der Waals surface area contributed by atoms with Crippen molar-refractivity contribution in [3.8, 4) is 11.1 Å². The van der Waals surface area contributed by atoms with Crippen LogP contribution in [-0.2, 0) is 9.59 Å². The van der Waals surface area contributed by atoms with Gasteiger partial charge < -0.3 is 10.4 Å². The van der Waals surface area contributed by atoms with Crippen LogP contribution >= 0.6 is 0 Å². The molecule has 0 saturated heterocycles. The molecule has 0 radical (unpaired) electrons. The number of halogens is 1. The number of hydrogen-bond donors (Lipinski definition) is 2. The van der Waals surface area contributed by atoms with E-state index in [0.717, 1.165) is 5.56 Å². The van der Waals surface area contributed by atoms with E-state index in [1.807, 2.05) is 30.3 Å². The van der Waals surface area contributed by atoms with Gasteiger partial charge in [0, 0.05) is 11.1 Å². The monoisotopic (exact) mass is 325 g/mol. The second-order valence-corrected chi connectivity index (χ2v) is 5.63. The maximum atomic E-state index is 14.3. The molecule has 2 N–H and O–H groups in total. The van der Waals surface area contributed by atoms with Crippen LogP contribution in [0.2, 0.25) is 0 Å². The van der Waals surface area contributed by atoms with Crippen molar-refractivity contribution in [2.45, 2.75) is 19.3 Å². The Morgan fingerprint density at radius 3 is 2.33 bits per heavy atom. The Hall–Kier alpha value is -2.95. The lowest BCUT2D eigenvalue weighted by atomic mass is 10.0. The van der Waals surface area contributed by atoms with Crippen LogP contribution in [0, 0.1) is 5.82 Å². The second kappa shape index (κ2) is 6.66. The summed E-state index contributed by atoms with van der Waals surface area (Å²) in [5, 5.41) is 11.6. The summed E-state index contributed by atoms with van der Waals surface area (Å²) in [4.78, 5) is 23.4. The summed E-state index contributed by atoms with van der Waals surface area (Å²) in [5.41, 5.74) is 1.98. The van der Waals surface area contributed by atoms with Gasteiger partial charge >= 0.3 is 5.97 Å². The molecule has 5 heteroatoms. The van der Waals surface area contributed by atoms with E-state index in [0.29, 0.717) is 24.8 Å². The number of hydrogen-bond acceptors (Lipinski definition) is 2. The first-order valence-corrected chi connectivity index (χ1v) is 7.68. The van der Waals surface area contributed by atoms with Crippen molar-refractivity contribution >= 4 is 17.6 Å². The van der Waals surface area contributed by atoms with E-state index in [4.69, 9.17) is 5.11 Å². The Kier molecular flexibility index (Phi) is 4.42. The third-order valence-corrected chi connectivity index (χ3v) is 4.07. The van der Waals surface area contributed by atoms with E-state index >= 15 is 0 Å². The molecule has 4 nitrogen and oxygen atoms in total. The molecule has 2 aromatic rings. The molecule has 0 aliphatic heterocycles. The van der Waals surface area contributed by atoms with Gasteiger partial charge in [0.25, 0.3) is 5.91 Å². The summed E-state index contributed by atoms with van der Waals surface area (Å²) < 4.78 is 14.3. The van der Waals surface area contributed by atoms with Crippen molar-refractivity contribution in [3.05, 3.63) is 65.5 Å². The highest BCUT2D eigenvalue weighted by molar-refractivity contribution is 6.09. The Balaban J connectivity index is 1.82. The maximum absolute atomic E-state index is 14.3. The quantitative estimate of drug-likeness (QED) is 0.893. The van der Waals surface area contributed by atoms with Crippen molar-refractivity contribution in [2.24, 2.45) is 0 Å². The maximum Gasteiger partial charge on any atom is 0.332 e. The molecule has 0 heterocycles. The number of carbonyl (C=O) groups excluding carboxylic acids is 1. The van der Waals surface area contributed by atoms with Gasteiger partial charge in [0.2, 0.25) is 0 Å². The molecule has 0 atom stereocenters. The highest BCUT2D eigenvalue weighted by atomic mass is 19.1. The first-order chi connectivity index (χ1) is 11.6. The average Bonchev–Trinajstić information content (AvgIpc) is 3.07. The minimum absolute atomic E-state index is 0.0452. The number of carboxylic acids is 1. The molecular weight excluding hydrogens is 309 g/mol. The molecule has 1 amide bonds. The number of anilines is 1. The third-order valence-electron chi connectivity index (χ3n) is 4.07. The fraction of sp³-hybridized carbons (Fsp3) is 0.158. The van der Waals surface area contributed by atoms with E-state index in [2.05, 4.69) is 5.32 Å². The summed E-state index contributed by atoms with van der Waals surface area (Å²) in [6.45, 7) is 0. The standard InChI is InChI=1S/C19H16FNO3/c20-16-11-13(12-5-2-1-3-6-12)9-10-17(16)21-18(22)14-7-4-8-15(14)19(23)24/h1-3,5-6,9-11H,4,7-8H2,(H,21,22)(H,23,24). The van der Waals surface area contributed by atoms with Crippen molar-refractivity contribution in [3.63, 3.8) is 0 Å². The zero-order valence-corrected chi connectivity index (χ0v) is 12.9. The molecule has 0 bridgehead atoms. The van der Waals surface area contributed by atoms with Crippen LogP contribution in [0.3, 0.4) is 0 Å². The summed E-state index contributed by atoms with van der Waals surface area (Å²) >= 11 is 0. The minimum Gasteiger partial charge on any atom is -0.478 e. The van der Waals surface area contributed by atoms with E-state index in [9.17, 15) is 14.0 Å². The Morgan fingerprint density at radius 1 is 0.958 bits per heavy atom. The first kappa shape index (κ1) is 15.9. The highest BCUT2D eigenvalue weighted by Crippen LogP contribution is 2.29. The van der Waals surface area contributed by atoms with Gasteiger partial charge in [0.05, 0.1) is 5.69 Å². The minimum atomic E-state index is -1.09. The van der Waals surface area contributed by atoms with Gasteiger partial charge in [-0.1, -0.05) is 36.4 Å². The summed E-state index contributed by atoms with van der Waals surface area (Å²) in [6.07, 6.45) is 1.39. The zero-order chi connectivity index (χ0) is 17.1. The molecule has 1 aliphatic rings. The van der Waals surface area contributed by atoms with Gasteiger partial charge in [-0.15, -0.1) is 0 Å². The number of nitrogens with one attached hydrogen (secondary N) is 1. The van der Waals surface area contributed by atoms with E-state index in [1.54, 1.807) is 6.07 Å². The van der Waals surface area contributed by atoms with Crippen LogP contribution in [0.1, 0.15) is 19.3 Å². The topological polar surface area (TPSA) is 66.4 Å². The Bertz CT molecular complexity index is 828. The van der Waals surface area contributed by atoms with E-state index < -0.39 is 17.7 Å². The molecule has 24 heavy (non-hydrogen) atoms. The average molecular weight is 325 g/mol. The summed E-state index contributed by atoms with van der Waals surface area (Å²) in [5.74, 6) is -2.19. The van der Waals surface area contributed by atoms with E-state index in [-0.39, 0.29) is 16.8 Å². The van der Waals surface area contributed by atoms with Gasteiger partial charge in [0.1, 0.15) is 5.82 Å². The molecule has 0 fully saturated rings. The largest absolute Gasteiger partial charge is 0.478 e. The number of benzene rings is 2. The van der Waals surface area contributed by atoms with Crippen LogP contribution in [0.25, 0.3) is 11.1 Å². The summed E-state index contributed by atoms with van der Waals surface area (Å²) in [7, 11) is 0. The van der Waals surface area contributed by atoms with Gasteiger partial charge in [-0.05, 0) is 42.5 Å². The van der Waals surface area contributed by atoms with Crippen molar-refractivity contribution in [2.75, 3.05) is 5.32 Å². The molecule has 0 saturated carbocycles. The lowest BCUT2D eigenvalue weighted by Gasteiger charge is -2.10. The van der Waals surface area contributed by atoms with Crippen molar-refractivity contribution < 1.29 is 19.1 Å². The van der Waals surface area contributed by atoms with Crippen molar-refractivity contribution in [1.82, 2.24) is 0 Å². The van der Waals surface area contributed by atoms with Crippen LogP contribution in [-0.4, -0.2) is 17.0 Å². The smallest absolute Gasteiger partial charge is 0.332 e. The Labute approximate surface area is 138 Å². The molecule has 0 aromatic heterocycles. The fourth-order valence-electron chi connectivity index (χ4n) is 2.85. The van der Waals surface area contributed by atoms with Crippen LogP contribution in [0.5, 0.6) is 0 Å². The van der Waals surface area contributed by atoms with E-state index in [1.165, 1.54) is 12.1 Å². The number of carbonyl (C=O) groups is 2. The third kappa shape index (κ3) is 3.20. The number of amides is 1. The number of aliphatic carboxylic acids is 1. The summed E-state index contributed by atoms with van der Waals surface area (Å²) in [6, 6.07) is 13.9. The highest BCUT2D eigenvalue weighted by Gasteiger charge is 2.25. The van der Waals surface area contributed by atoms with Gasteiger partial charge in [-0.3, -0.25) is 4.79 Å². The Morgan fingerprint density at radius 2 is 1.67 bits per heavy atom. The molecular formula is C19H16FNO3. The predicted molar refractivity (Wildman–Crippen MR) is 89.0 cm³/mol. The molecule has 0 unspecified atom stereocenters. The van der Waals surface area contributed by atoms with Crippen molar-refractivity contribution in [1.29, 1.82) is 0 Å². The van der Waals surface area contributed by atoms with Gasteiger partial charge in [-0.25, -0.2) is 9.18 Å². The van der Waals surface area contributed by atoms with Crippen LogP contribution < -0.4 is 5.32 Å². The lowest BCUT2D eigenvalue weighted by molar-refractivity contribution is -0.133. The van der Waals surface area contributed by atoms with Gasteiger partial charge in [-0.2, -0.15) is 0 Å². The van der Waals surface area contributed by atoms with Crippen LogP contribution in [0.4, 0.5) is 10.1 Å². The molecule has 3 rings (SSSR count). The molecule has 2 aromatic carbocycles. The predicted octanol–water partition coefficient (Wildman–Crippen LogP) is 4.00. The zero-order valence-electron chi connectivity index (χ0n) is 12.9. The second-order valence-electron chi connectivity index (χ2n) is 5.63. The SMILES string of the molecule is O=C(O)C1=C(C(=O)Nc2ccc(-c3ccccc3)cc2F)CCC1.